The van der Waals surface area contributed by atoms with E-state index in [4.69, 9.17) is 13.9 Å². The number of allylic oxidation sites excluding steroid dienone is 2. The van der Waals surface area contributed by atoms with Gasteiger partial charge in [0, 0.05) is 11.6 Å². The van der Waals surface area contributed by atoms with Crippen LogP contribution in [-0.4, -0.2) is 16.5 Å². The first-order chi connectivity index (χ1) is 18.6. The Hall–Kier alpha value is -5.11. The molecule has 11 heteroatoms. The van der Waals surface area contributed by atoms with Gasteiger partial charge in [0.25, 0.3) is 0 Å². The van der Waals surface area contributed by atoms with Gasteiger partial charge in [-0.25, -0.2) is 4.98 Å². The Bertz CT molecular complexity index is 1600. The number of hydrogen-bond donors (Lipinski definition) is 0. The van der Waals surface area contributed by atoms with Crippen LogP contribution in [-0.2, 0) is 12.6 Å². The van der Waals surface area contributed by atoms with Gasteiger partial charge < -0.3 is 13.9 Å². The largest absolute Gasteiger partial charge is 0.490 e. The third-order valence-corrected chi connectivity index (χ3v) is 5.47. The van der Waals surface area contributed by atoms with Gasteiger partial charge >= 0.3 is 11.9 Å². The lowest BCUT2D eigenvalue weighted by atomic mass is 10.0. The molecule has 3 aromatic carbocycles. The summed E-state index contributed by atoms with van der Waals surface area (Å²) in [5.74, 6) is -0.0568. The zero-order chi connectivity index (χ0) is 28.2. The van der Waals surface area contributed by atoms with Gasteiger partial charge in [-0.05, 0) is 61.4 Å². The van der Waals surface area contributed by atoms with Crippen molar-refractivity contribution in [2.75, 3.05) is 6.61 Å². The monoisotopic (exact) mass is 535 g/mol. The van der Waals surface area contributed by atoms with Crippen molar-refractivity contribution in [3.05, 3.63) is 99.9 Å². The van der Waals surface area contributed by atoms with Crippen molar-refractivity contribution in [3.63, 3.8) is 0 Å². The van der Waals surface area contributed by atoms with Crippen molar-refractivity contribution < 1.29 is 32.0 Å². The highest BCUT2D eigenvalue weighted by Crippen LogP contribution is 2.42. The third-order valence-electron chi connectivity index (χ3n) is 5.47. The Morgan fingerprint density at radius 2 is 1.97 bits per heavy atom. The number of nitro groups is 1. The number of halogens is 3. The third kappa shape index (κ3) is 5.91. The summed E-state index contributed by atoms with van der Waals surface area (Å²) < 4.78 is 56.7. The number of rotatable bonds is 9. The average Bonchev–Trinajstić information content (AvgIpc) is 3.33. The molecule has 8 nitrogen and oxygen atoms in total. The second kappa shape index (κ2) is 11.1. The fourth-order valence-electron chi connectivity index (χ4n) is 3.78. The second-order valence-corrected chi connectivity index (χ2v) is 8.13. The van der Waals surface area contributed by atoms with Crippen LogP contribution in [0.1, 0.15) is 29.5 Å². The van der Waals surface area contributed by atoms with Crippen LogP contribution in [0.4, 0.5) is 18.9 Å². The number of alkyl halides is 3. The zero-order valence-electron chi connectivity index (χ0n) is 20.5. The molecule has 1 aromatic heterocycles. The average molecular weight is 535 g/mol. The number of ether oxygens (including phenoxy) is 2. The molecule has 0 saturated heterocycles. The van der Waals surface area contributed by atoms with Crippen molar-refractivity contribution in [2.45, 2.75) is 19.5 Å². The van der Waals surface area contributed by atoms with Gasteiger partial charge in [-0.3, -0.25) is 10.1 Å². The van der Waals surface area contributed by atoms with Gasteiger partial charge in [0.05, 0.1) is 17.1 Å². The first-order valence-electron chi connectivity index (χ1n) is 11.6. The summed E-state index contributed by atoms with van der Waals surface area (Å²) >= 11 is 0. The van der Waals surface area contributed by atoms with Gasteiger partial charge in [-0.2, -0.15) is 18.4 Å². The standard InChI is InChI=1S/C28H20F3N3O5/c1-3-7-18-12-17(13-19(16-32)27-33-21-8-5-6-9-23(21)39-27)14-25(37-4-2)26(18)38-24-11-10-20(28(29,30)31)15-22(24)34(35)36/h3,5-6,8-15H,1,4,7H2,2H3/b19-13+. The van der Waals surface area contributed by atoms with Crippen LogP contribution in [0.25, 0.3) is 22.7 Å². The van der Waals surface area contributed by atoms with Crippen LogP contribution in [0, 0.1) is 21.4 Å². The summed E-state index contributed by atoms with van der Waals surface area (Å²) in [6.45, 7) is 5.61. The van der Waals surface area contributed by atoms with Gasteiger partial charge in [-0.15, -0.1) is 6.58 Å². The number of hydrogen-bond acceptors (Lipinski definition) is 7. The summed E-state index contributed by atoms with van der Waals surface area (Å²) in [5.41, 5.74) is 0.154. The quantitative estimate of drug-likeness (QED) is 0.0933. The molecule has 0 unspecified atom stereocenters. The molecular weight excluding hydrogens is 515 g/mol. The summed E-state index contributed by atoms with van der Waals surface area (Å²) in [6.07, 6.45) is -1.46. The Kier molecular flexibility index (Phi) is 7.67. The van der Waals surface area contributed by atoms with Crippen molar-refractivity contribution in [1.82, 2.24) is 4.98 Å². The molecule has 198 valence electrons. The van der Waals surface area contributed by atoms with Gasteiger partial charge in [0.2, 0.25) is 11.6 Å². The number of aromatic nitrogens is 1. The molecule has 0 N–H and O–H groups in total. The zero-order valence-corrected chi connectivity index (χ0v) is 20.5. The Morgan fingerprint density at radius 3 is 2.62 bits per heavy atom. The number of oxazole rings is 1. The number of fused-ring (bicyclic) bond motifs is 1. The van der Waals surface area contributed by atoms with Crippen molar-refractivity contribution in [1.29, 1.82) is 5.26 Å². The van der Waals surface area contributed by atoms with E-state index in [0.29, 0.717) is 34.4 Å². The Labute approximate surface area is 220 Å². The maximum absolute atomic E-state index is 13.1. The van der Waals surface area contributed by atoms with Crippen LogP contribution in [0.5, 0.6) is 17.2 Å². The number of benzene rings is 3. The fourth-order valence-corrected chi connectivity index (χ4v) is 3.78. The normalized spacial score (nSPS) is 11.7. The number of nitro benzene ring substituents is 1. The van der Waals surface area contributed by atoms with Crippen molar-refractivity contribution >= 4 is 28.4 Å². The van der Waals surface area contributed by atoms with Crippen LogP contribution in [0.2, 0.25) is 0 Å². The maximum atomic E-state index is 13.1. The van der Waals surface area contributed by atoms with E-state index in [9.17, 15) is 28.5 Å². The van der Waals surface area contributed by atoms with Crippen LogP contribution < -0.4 is 9.47 Å². The molecule has 0 radical (unpaired) electrons. The summed E-state index contributed by atoms with van der Waals surface area (Å²) in [4.78, 5) is 15.0. The minimum Gasteiger partial charge on any atom is -0.490 e. The highest BCUT2D eigenvalue weighted by Gasteiger charge is 2.33. The Balaban J connectivity index is 1.81. The molecule has 0 atom stereocenters. The summed E-state index contributed by atoms with van der Waals surface area (Å²) in [6, 6.07) is 14.3. The lowest BCUT2D eigenvalue weighted by molar-refractivity contribution is -0.385. The first kappa shape index (κ1) is 26.9. The number of para-hydroxylation sites is 2. The molecule has 1 heterocycles. The predicted molar refractivity (Wildman–Crippen MR) is 137 cm³/mol. The Morgan fingerprint density at radius 1 is 1.21 bits per heavy atom. The van der Waals surface area contributed by atoms with E-state index in [1.807, 2.05) is 0 Å². The molecular formula is C28H20F3N3O5. The van der Waals surface area contributed by atoms with Gasteiger partial charge in [0.1, 0.15) is 17.2 Å². The highest BCUT2D eigenvalue weighted by molar-refractivity contribution is 5.89. The predicted octanol–water partition coefficient (Wildman–Crippen LogP) is 7.74. The lowest BCUT2D eigenvalue weighted by Crippen LogP contribution is -2.06. The molecule has 4 aromatic rings. The van der Waals surface area contributed by atoms with Crippen LogP contribution >= 0.6 is 0 Å². The fraction of sp³-hybridized carbons (Fsp3) is 0.143. The second-order valence-electron chi connectivity index (χ2n) is 8.13. The number of nitriles is 1. The SMILES string of the molecule is C=CCc1cc(/C=C(\C#N)c2nc3ccccc3o2)cc(OCC)c1Oc1ccc(C(F)(F)F)cc1[N+](=O)[O-]. The molecule has 0 amide bonds. The molecule has 0 bridgehead atoms. The van der Waals surface area contributed by atoms with Crippen LogP contribution in [0.15, 0.2) is 71.7 Å². The summed E-state index contributed by atoms with van der Waals surface area (Å²) in [7, 11) is 0. The molecule has 0 spiro atoms. The van der Waals surface area contributed by atoms with Gasteiger partial charge in [0.15, 0.2) is 17.1 Å². The van der Waals surface area contributed by atoms with E-state index in [1.54, 1.807) is 49.4 Å². The summed E-state index contributed by atoms with van der Waals surface area (Å²) in [5, 5.41) is 21.4. The number of nitrogens with zero attached hydrogens (tertiary/aromatic N) is 3. The topological polar surface area (TPSA) is 111 Å². The minimum atomic E-state index is -4.77. The smallest absolute Gasteiger partial charge is 0.416 e. The van der Waals surface area contributed by atoms with E-state index in [0.717, 1.165) is 6.07 Å². The lowest BCUT2D eigenvalue weighted by Gasteiger charge is -2.17. The van der Waals surface area contributed by atoms with E-state index in [-0.39, 0.29) is 36.0 Å². The van der Waals surface area contributed by atoms with Crippen LogP contribution in [0.3, 0.4) is 0 Å². The van der Waals surface area contributed by atoms with E-state index in [2.05, 4.69) is 17.6 Å². The van der Waals surface area contributed by atoms with Crippen molar-refractivity contribution in [2.24, 2.45) is 0 Å². The van der Waals surface area contributed by atoms with E-state index in [1.165, 1.54) is 6.08 Å². The van der Waals surface area contributed by atoms with E-state index < -0.39 is 28.1 Å². The molecule has 4 rings (SSSR count). The van der Waals surface area contributed by atoms with E-state index >= 15 is 0 Å². The molecule has 0 fully saturated rings. The van der Waals surface area contributed by atoms with Gasteiger partial charge in [-0.1, -0.05) is 18.2 Å². The maximum Gasteiger partial charge on any atom is 0.416 e. The van der Waals surface area contributed by atoms with Crippen molar-refractivity contribution in [3.8, 4) is 23.3 Å². The highest BCUT2D eigenvalue weighted by atomic mass is 19.4. The molecule has 0 aliphatic carbocycles. The molecule has 0 aliphatic rings. The molecule has 0 saturated carbocycles. The molecule has 0 aliphatic heterocycles. The minimum absolute atomic E-state index is 0.0668. The molecule has 39 heavy (non-hydrogen) atoms. The first-order valence-corrected chi connectivity index (χ1v) is 11.6.